The van der Waals surface area contributed by atoms with Crippen molar-refractivity contribution in [1.29, 1.82) is 0 Å². The van der Waals surface area contributed by atoms with E-state index in [-0.39, 0.29) is 5.41 Å². The van der Waals surface area contributed by atoms with Gasteiger partial charge >= 0.3 is 0 Å². The molecule has 0 heterocycles. The van der Waals surface area contributed by atoms with Crippen LogP contribution in [0.2, 0.25) is 0 Å². The molecule has 0 aromatic heterocycles. The van der Waals surface area contributed by atoms with Crippen LogP contribution in [0.25, 0.3) is 0 Å². The van der Waals surface area contributed by atoms with Crippen LogP contribution in [0, 0.1) is 5.41 Å². The van der Waals surface area contributed by atoms with Crippen molar-refractivity contribution in [2.75, 3.05) is 0 Å². The molecule has 0 bridgehead atoms. The van der Waals surface area contributed by atoms with Crippen LogP contribution in [0.1, 0.15) is 91.0 Å². The number of benzene rings is 1. The second kappa shape index (κ2) is 8.70. The van der Waals surface area contributed by atoms with Crippen LogP contribution in [0.3, 0.4) is 0 Å². The molecule has 0 saturated heterocycles. The molecule has 0 radical (unpaired) electrons. The summed E-state index contributed by atoms with van der Waals surface area (Å²) < 4.78 is 0. The lowest BCUT2D eigenvalue weighted by atomic mass is 9.70. The molecule has 1 atom stereocenters. The average molecular weight is 325 g/mol. The molecule has 0 aliphatic heterocycles. The Morgan fingerprint density at radius 3 is 2.12 bits per heavy atom. The van der Waals surface area contributed by atoms with Crippen LogP contribution < -0.4 is 0 Å². The van der Waals surface area contributed by atoms with E-state index in [0.29, 0.717) is 5.92 Å². The van der Waals surface area contributed by atoms with E-state index < -0.39 is 0 Å². The first-order valence-electron chi connectivity index (χ1n) is 9.95. The van der Waals surface area contributed by atoms with Crippen LogP contribution in [-0.2, 0) is 0 Å². The highest BCUT2D eigenvalue weighted by atomic mass is 14.3. The minimum atomic E-state index is 0.265. The highest BCUT2D eigenvalue weighted by Gasteiger charge is 2.29. The Hall–Kier alpha value is -1.30. The van der Waals surface area contributed by atoms with Gasteiger partial charge in [-0.25, -0.2) is 0 Å². The van der Waals surface area contributed by atoms with Gasteiger partial charge in [0.05, 0.1) is 0 Å². The molecule has 24 heavy (non-hydrogen) atoms. The lowest BCUT2D eigenvalue weighted by molar-refractivity contribution is 0.463. The van der Waals surface area contributed by atoms with Gasteiger partial charge in [0.25, 0.3) is 0 Å². The summed E-state index contributed by atoms with van der Waals surface area (Å²) in [7, 11) is 0. The maximum Gasteiger partial charge on any atom is 0.00914 e. The average Bonchev–Trinajstić information content (AvgIpc) is 2.57. The molecule has 0 amide bonds. The highest BCUT2D eigenvalue weighted by Crippen LogP contribution is 2.45. The maximum absolute atomic E-state index is 2.57. The molecule has 0 saturated carbocycles. The quantitative estimate of drug-likeness (QED) is 0.479. The fourth-order valence-electron chi connectivity index (χ4n) is 3.76. The Morgan fingerprint density at radius 2 is 1.54 bits per heavy atom. The first-order chi connectivity index (χ1) is 11.5. The molecule has 0 spiro atoms. The lowest BCUT2D eigenvalue weighted by Gasteiger charge is -2.35. The Morgan fingerprint density at radius 1 is 0.917 bits per heavy atom. The van der Waals surface area contributed by atoms with Crippen molar-refractivity contribution >= 4 is 0 Å². The Kier molecular flexibility index (Phi) is 6.90. The molecule has 1 unspecified atom stereocenters. The molecule has 0 N–H and O–H groups in total. The second-order valence-electron chi connectivity index (χ2n) is 8.34. The number of hydrogen-bond acceptors (Lipinski definition) is 0. The zero-order valence-electron chi connectivity index (χ0n) is 16.5. The zero-order valence-corrected chi connectivity index (χ0v) is 16.5. The van der Waals surface area contributed by atoms with E-state index >= 15 is 0 Å². The highest BCUT2D eigenvalue weighted by molar-refractivity contribution is 5.44. The molecular weight excluding hydrogens is 288 g/mol. The number of allylic oxidation sites excluding steroid dienone is 4. The first-order valence-corrected chi connectivity index (χ1v) is 9.95. The summed E-state index contributed by atoms with van der Waals surface area (Å²) in [6, 6.07) is 11.2. The van der Waals surface area contributed by atoms with Crippen molar-refractivity contribution < 1.29 is 0 Å². The Bertz CT molecular complexity index is 566. The summed E-state index contributed by atoms with van der Waals surface area (Å²) >= 11 is 0. The number of rotatable bonds is 7. The third kappa shape index (κ3) is 4.85. The molecule has 1 aliphatic carbocycles. The summed E-state index contributed by atoms with van der Waals surface area (Å²) in [6.07, 6.45) is 11.5. The normalized spacial score (nSPS) is 18.7. The van der Waals surface area contributed by atoms with Crippen molar-refractivity contribution in [3.8, 4) is 0 Å². The SMILES string of the molecule is CCCCC1=C(CCCC)C(c2ccccc2)CC(C(C)(C)C)=C1. The topological polar surface area (TPSA) is 0 Å². The van der Waals surface area contributed by atoms with Gasteiger partial charge in [-0.3, -0.25) is 0 Å². The predicted octanol–water partition coefficient (Wildman–Crippen LogP) is 7.82. The van der Waals surface area contributed by atoms with Crippen LogP contribution >= 0.6 is 0 Å². The van der Waals surface area contributed by atoms with E-state index in [9.17, 15) is 0 Å². The molecule has 1 aromatic rings. The van der Waals surface area contributed by atoms with E-state index in [0.717, 1.165) is 0 Å². The van der Waals surface area contributed by atoms with E-state index in [2.05, 4.69) is 71.0 Å². The van der Waals surface area contributed by atoms with E-state index in [1.165, 1.54) is 50.5 Å². The third-order valence-electron chi connectivity index (χ3n) is 5.37. The van der Waals surface area contributed by atoms with Crippen LogP contribution in [0.15, 0.2) is 53.1 Å². The van der Waals surface area contributed by atoms with Gasteiger partial charge in [-0.15, -0.1) is 0 Å². The molecule has 2 rings (SSSR count). The number of hydrogen-bond donors (Lipinski definition) is 0. The van der Waals surface area contributed by atoms with Crippen molar-refractivity contribution in [2.45, 2.75) is 85.5 Å². The van der Waals surface area contributed by atoms with Crippen molar-refractivity contribution in [1.82, 2.24) is 0 Å². The summed E-state index contributed by atoms with van der Waals surface area (Å²) in [4.78, 5) is 0. The monoisotopic (exact) mass is 324 g/mol. The fraction of sp³-hybridized carbons (Fsp3) is 0.583. The smallest absolute Gasteiger partial charge is 0.00914 e. The molecule has 132 valence electrons. The third-order valence-corrected chi connectivity index (χ3v) is 5.37. The minimum absolute atomic E-state index is 0.265. The van der Waals surface area contributed by atoms with Gasteiger partial charge < -0.3 is 0 Å². The molecule has 1 aromatic carbocycles. The van der Waals surface area contributed by atoms with Gasteiger partial charge in [0.1, 0.15) is 0 Å². The van der Waals surface area contributed by atoms with Crippen LogP contribution in [-0.4, -0.2) is 0 Å². The molecule has 0 fully saturated rings. The Balaban J connectivity index is 2.46. The molecule has 0 heteroatoms. The first kappa shape index (κ1) is 19.0. The predicted molar refractivity (Wildman–Crippen MR) is 107 cm³/mol. The summed E-state index contributed by atoms with van der Waals surface area (Å²) in [5, 5.41) is 0. The number of unbranched alkanes of at least 4 members (excludes halogenated alkanes) is 2. The second-order valence-corrected chi connectivity index (χ2v) is 8.34. The van der Waals surface area contributed by atoms with Crippen molar-refractivity contribution in [3.63, 3.8) is 0 Å². The van der Waals surface area contributed by atoms with E-state index in [1.54, 1.807) is 16.7 Å². The van der Waals surface area contributed by atoms with Crippen LogP contribution in [0.4, 0.5) is 0 Å². The summed E-state index contributed by atoms with van der Waals surface area (Å²) in [5.41, 5.74) is 6.77. The van der Waals surface area contributed by atoms with Crippen molar-refractivity contribution in [3.05, 3.63) is 58.7 Å². The summed E-state index contributed by atoms with van der Waals surface area (Å²) in [6.45, 7) is 11.7. The molecule has 0 nitrogen and oxygen atoms in total. The zero-order chi connectivity index (χ0) is 17.6. The fourth-order valence-corrected chi connectivity index (χ4v) is 3.76. The van der Waals surface area contributed by atoms with Gasteiger partial charge in [-0.1, -0.05) is 95.0 Å². The van der Waals surface area contributed by atoms with E-state index in [4.69, 9.17) is 0 Å². The van der Waals surface area contributed by atoms with Gasteiger partial charge in [0.2, 0.25) is 0 Å². The van der Waals surface area contributed by atoms with Gasteiger partial charge in [0.15, 0.2) is 0 Å². The van der Waals surface area contributed by atoms with Crippen LogP contribution in [0.5, 0.6) is 0 Å². The van der Waals surface area contributed by atoms with Gasteiger partial charge in [0, 0.05) is 5.92 Å². The van der Waals surface area contributed by atoms with Gasteiger partial charge in [-0.2, -0.15) is 0 Å². The van der Waals surface area contributed by atoms with Gasteiger partial charge in [-0.05, 0) is 48.7 Å². The Labute approximate surface area is 150 Å². The van der Waals surface area contributed by atoms with E-state index in [1.807, 2.05) is 0 Å². The molecule has 1 aliphatic rings. The van der Waals surface area contributed by atoms with Crippen molar-refractivity contribution in [2.24, 2.45) is 5.41 Å². The largest absolute Gasteiger partial charge is 0.0654 e. The summed E-state index contributed by atoms with van der Waals surface area (Å²) in [5.74, 6) is 0.587. The maximum atomic E-state index is 2.57. The lowest BCUT2D eigenvalue weighted by Crippen LogP contribution is -2.19. The molecular formula is C24H36. The standard InChI is InChI=1S/C24H36/c1-6-8-13-20-17-21(24(3,4)5)18-23(22(20)16-9-7-2)19-14-11-10-12-15-19/h10-12,14-15,17,23H,6-9,13,16,18H2,1-5H3. The minimum Gasteiger partial charge on any atom is -0.0654 e.